The van der Waals surface area contributed by atoms with Crippen molar-refractivity contribution in [3.8, 4) is 0 Å². The van der Waals surface area contributed by atoms with E-state index in [-0.39, 0.29) is 22.3 Å². The number of hydrogen-bond acceptors (Lipinski definition) is 4. The molecule has 0 aliphatic carbocycles. The zero-order valence-corrected chi connectivity index (χ0v) is 11.7. The van der Waals surface area contributed by atoms with Crippen molar-refractivity contribution >= 4 is 24.0 Å². The van der Waals surface area contributed by atoms with Gasteiger partial charge < -0.3 is 4.74 Å². The number of halogens is 2. The highest BCUT2D eigenvalue weighted by atomic mass is 32.2. The largest absolute Gasteiger partial charge is 0.465 e. The number of carbonyl (C=O) groups excluding carboxylic acids is 2. The van der Waals surface area contributed by atoms with Gasteiger partial charge in [-0.2, -0.15) is 0 Å². The third kappa shape index (κ3) is 3.11. The second kappa shape index (κ2) is 6.49. The van der Waals surface area contributed by atoms with Crippen LogP contribution in [0.3, 0.4) is 0 Å². The summed E-state index contributed by atoms with van der Waals surface area (Å²) in [6, 6.07) is 8.16. The highest BCUT2D eigenvalue weighted by Gasteiger charge is 2.18. The summed E-state index contributed by atoms with van der Waals surface area (Å²) in [4.78, 5) is 22.8. The SMILES string of the molecule is COC(=O)c1ccccc1Sc1c(F)ccc(F)c1C=O. The lowest BCUT2D eigenvalue weighted by Gasteiger charge is -2.10. The number of esters is 1. The summed E-state index contributed by atoms with van der Waals surface area (Å²) < 4.78 is 32.0. The molecule has 0 bridgehead atoms. The molecule has 0 saturated carbocycles. The van der Waals surface area contributed by atoms with Gasteiger partial charge in [0.1, 0.15) is 11.6 Å². The Balaban J connectivity index is 2.51. The van der Waals surface area contributed by atoms with Gasteiger partial charge in [0.15, 0.2) is 6.29 Å². The van der Waals surface area contributed by atoms with Crippen LogP contribution in [-0.4, -0.2) is 19.4 Å². The fourth-order valence-electron chi connectivity index (χ4n) is 1.71. The molecule has 0 amide bonds. The molecule has 0 heterocycles. The van der Waals surface area contributed by atoms with Crippen molar-refractivity contribution in [3.05, 3.63) is 59.2 Å². The molecular formula is C15H10F2O3S. The number of methoxy groups -OCH3 is 1. The summed E-state index contributed by atoms with van der Waals surface area (Å²) >= 11 is 0.803. The van der Waals surface area contributed by atoms with Crippen molar-refractivity contribution in [2.24, 2.45) is 0 Å². The van der Waals surface area contributed by atoms with Crippen LogP contribution >= 0.6 is 11.8 Å². The maximum Gasteiger partial charge on any atom is 0.339 e. The smallest absolute Gasteiger partial charge is 0.339 e. The first-order chi connectivity index (χ1) is 10.1. The van der Waals surface area contributed by atoms with Gasteiger partial charge in [-0.1, -0.05) is 23.9 Å². The van der Waals surface area contributed by atoms with Gasteiger partial charge >= 0.3 is 5.97 Å². The van der Waals surface area contributed by atoms with Crippen LogP contribution in [0.2, 0.25) is 0 Å². The van der Waals surface area contributed by atoms with E-state index >= 15 is 0 Å². The number of ether oxygens (including phenoxy) is 1. The van der Waals surface area contributed by atoms with E-state index in [1.807, 2.05) is 0 Å². The number of rotatable bonds is 4. The summed E-state index contributed by atoms with van der Waals surface area (Å²) in [6.45, 7) is 0. The molecule has 0 aliphatic rings. The van der Waals surface area contributed by atoms with Crippen LogP contribution < -0.4 is 0 Å². The molecule has 0 atom stereocenters. The fraction of sp³-hybridized carbons (Fsp3) is 0.0667. The van der Waals surface area contributed by atoms with E-state index in [9.17, 15) is 18.4 Å². The second-order valence-corrected chi connectivity index (χ2v) is 5.03. The van der Waals surface area contributed by atoms with Crippen molar-refractivity contribution in [1.29, 1.82) is 0 Å². The van der Waals surface area contributed by atoms with Gasteiger partial charge in [-0.05, 0) is 24.3 Å². The van der Waals surface area contributed by atoms with Gasteiger partial charge in [-0.25, -0.2) is 13.6 Å². The van der Waals surface area contributed by atoms with Crippen LogP contribution in [0, 0.1) is 11.6 Å². The number of carbonyl (C=O) groups is 2. The third-order valence-corrected chi connectivity index (χ3v) is 3.91. The van der Waals surface area contributed by atoms with Crippen molar-refractivity contribution in [2.45, 2.75) is 9.79 Å². The Bertz CT molecular complexity index is 701. The zero-order valence-electron chi connectivity index (χ0n) is 10.9. The zero-order chi connectivity index (χ0) is 15.4. The average molecular weight is 308 g/mol. The van der Waals surface area contributed by atoms with E-state index in [4.69, 9.17) is 0 Å². The Morgan fingerprint density at radius 3 is 2.48 bits per heavy atom. The van der Waals surface area contributed by atoms with Gasteiger partial charge in [0.25, 0.3) is 0 Å². The minimum absolute atomic E-state index is 0.165. The maximum atomic E-state index is 13.9. The lowest BCUT2D eigenvalue weighted by atomic mass is 10.2. The summed E-state index contributed by atoms with van der Waals surface area (Å²) in [5, 5.41) is 0. The summed E-state index contributed by atoms with van der Waals surface area (Å²) in [6.07, 6.45) is 0.251. The van der Waals surface area contributed by atoms with E-state index in [0.717, 1.165) is 23.9 Å². The van der Waals surface area contributed by atoms with E-state index < -0.39 is 17.6 Å². The van der Waals surface area contributed by atoms with Crippen LogP contribution in [0.5, 0.6) is 0 Å². The Morgan fingerprint density at radius 2 is 1.81 bits per heavy atom. The minimum Gasteiger partial charge on any atom is -0.465 e. The standard InChI is InChI=1S/C15H10F2O3S/c1-20-15(19)9-4-2-3-5-13(9)21-14-10(8-18)11(16)6-7-12(14)17/h2-8H,1H3. The van der Waals surface area contributed by atoms with Crippen molar-refractivity contribution in [1.82, 2.24) is 0 Å². The molecule has 0 aliphatic heterocycles. The van der Waals surface area contributed by atoms with E-state index in [1.165, 1.54) is 13.2 Å². The molecule has 3 nitrogen and oxygen atoms in total. The highest BCUT2D eigenvalue weighted by Crippen LogP contribution is 2.35. The molecule has 21 heavy (non-hydrogen) atoms. The first kappa shape index (κ1) is 15.2. The van der Waals surface area contributed by atoms with Gasteiger partial charge in [0.05, 0.1) is 23.1 Å². The van der Waals surface area contributed by atoms with Crippen molar-refractivity contribution in [2.75, 3.05) is 7.11 Å². The molecule has 0 N–H and O–H groups in total. The van der Waals surface area contributed by atoms with Crippen molar-refractivity contribution in [3.63, 3.8) is 0 Å². The second-order valence-electron chi connectivity index (χ2n) is 3.98. The molecule has 0 aromatic heterocycles. The summed E-state index contributed by atoms with van der Waals surface area (Å²) in [5.41, 5.74) is -0.162. The molecule has 108 valence electrons. The first-order valence-corrected chi connectivity index (χ1v) is 6.68. The normalized spacial score (nSPS) is 10.2. The topological polar surface area (TPSA) is 43.4 Å². The maximum absolute atomic E-state index is 13.9. The van der Waals surface area contributed by atoms with Crippen LogP contribution in [0.1, 0.15) is 20.7 Å². The molecule has 0 fully saturated rings. The number of hydrogen-bond donors (Lipinski definition) is 0. The van der Waals surface area contributed by atoms with Crippen LogP contribution in [0.15, 0.2) is 46.2 Å². The van der Waals surface area contributed by atoms with E-state index in [0.29, 0.717) is 4.90 Å². The highest BCUT2D eigenvalue weighted by molar-refractivity contribution is 7.99. The minimum atomic E-state index is -0.815. The molecule has 0 radical (unpaired) electrons. The summed E-state index contributed by atoms with van der Waals surface area (Å²) in [5.74, 6) is -2.14. The molecule has 2 aromatic rings. The Kier molecular flexibility index (Phi) is 4.70. The Hall–Kier alpha value is -2.21. The molecule has 6 heteroatoms. The fourth-order valence-corrected chi connectivity index (χ4v) is 2.76. The molecular weight excluding hydrogens is 298 g/mol. The van der Waals surface area contributed by atoms with Crippen LogP contribution in [0.25, 0.3) is 0 Å². The van der Waals surface area contributed by atoms with Crippen LogP contribution in [0.4, 0.5) is 8.78 Å². The predicted molar refractivity (Wildman–Crippen MR) is 73.7 cm³/mol. The molecule has 0 unspecified atom stereocenters. The van der Waals surface area contributed by atoms with Gasteiger partial charge in [-0.3, -0.25) is 4.79 Å². The van der Waals surface area contributed by atoms with E-state index in [2.05, 4.69) is 4.74 Å². The van der Waals surface area contributed by atoms with Gasteiger partial charge in [-0.15, -0.1) is 0 Å². The van der Waals surface area contributed by atoms with Gasteiger partial charge in [0.2, 0.25) is 0 Å². The number of aldehydes is 1. The molecule has 0 spiro atoms. The number of benzene rings is 2. The molecule has 0 saturated heterocycles. The lowest BCUT2D eigenvalue weighted by molar-refractivity contribution is 0.0596. The monoisotopic (exact) mass is 308 g/mol. The van der Waals surface area contributed by atoms with Crippen LogP contribution in [-0.2, 0) is 4.74 Å². The quantitative estimate of drug-likeness (QED) is 0.638. The van der Waals surface area contributed by atoms with E-state index in [1.54, 1.807) is 18.2 Å². The Labute approximate surface area is 123 Å². The first-order valence-electron chi connectivity index (χ1n) is 5.87. The average Bonchev–Trinajstić information content (AvgIpc) is 2.51. The van der Waals surface area contributed by atoms with Gasteiger partial charge in [0, 0.05) is 4.90 Å². The predicted octanol–water partition coefficient (Wildman–Crippen LogP) is 3.72. The van der Waals surface area contributed by atoms with Crippen molar-refractivity contribution < 1.29 is 23.1 Å². The molecule has 2 aromatic carbocycles. The third-order valence-electron chi connectivity index (χ3n) is 2.72. The molecule has 2 rings (SSSR count). The summed E-state index contributed by atoms with van der Waals surface area (Å²) in [7, 11) is 1.23. The lowest BCUT2D eigenvalue weighted by Crippen LogP contribution is -2.03. The Morgan fingerprint density at radius 1 is 1.14 bits per heavy atom.